The van der Waals surface area contributed by atoms with Crippen LogP contribution in [0.15, 0.2) is 0 Å². The van der Waals surface area contributed by atoms with Crippen LogP contribution >= 0.6 is 0 Å². The second kappa shape index (κ2) is 15.2. The Kier molecular flexibility index (Phi) is 14.4. The van der Waals surface area contributed by atoms with E-state index in [1.54, 1.807) is 0 Å². The second-order valence-corrected chi connectivity index (χ2v) is 7.89. The SMILES string of the molecule is CCCCCCCC(=O)C(O)(CO)C(=O)OC(=O)C(O)(CO)C(=O)CCCCCCC. The van der Waals surface area contributed by atoms with Crippen LogP contribution in [-0.2, 0) is 23.9 Å². The molecule has 2 unspecified atom stereocenters. The minimum atomic E-state index is -2.99. The van der Waals surface area contributed by atoms with Crippen molar-refractivity contribution in [1.29, 1.82) is 0 Å². The lowest BCUT2D eigenvalue weighted by Crippen LogP contribution is -2.56. The number of hydrogen-bond donors (Lipinski definition) is 4. The summed E-state index contributed by atoms with van der Waals surface area (Å²) in [5.74, 6) is -5.64. The summed E-state index contributed by atoms with van der Waals surface area (Å²) < 4.78 is 4.35. The molecule has 0 rings (SSSR count). The third-order valence-corrected chi connectivity index (χ3v) is 5.26. The fourth-order valence-electron chi connectivity index (χ4n) is 2.98. The summed E-state index contributed by atoms with van der Waals surface area (Å²) in [6, 6.07) is 0. The first-order chi connectivity index (χ1) is 14.6. The quantitative estimate of drug-likeness (QED) is 0.138. The van der Waals surface area contributed by atoms with E-state index >= 15 is 0 Å². The summed E-state index contributed by atoms with van der Waals surface area (Å²) in [5.41, 5.74) is -5.97. The molecule has 0 spiro atoms. The van der Waals surface area contributed by atoms with Gasteiger partial charge in [-0.3, -0.25) is 9.59 Å². The van der Waals surface area contributed by atoms with Gasteiger partial charge in [-0.2, -0.15) is 0 Å². The minimum absolute atomic E-state index is 0.217. The average molecular weight is 447 g/mol. The highest BCUT2D eigenvalue weighted by atomic mass is 16.6. The van der Waals surface area contributed by atoms with Gasteiger partial charge >= 0.3 is 11.9 Å². The molecule has 0 fully saturated rings. The van der Waals surface area contributed by atoms with Gasteiger partial charge in [-0.05, 0) is 12.8 Å². The van der Waals surface area contributed by atoms with E-state index < -0.39 is 47.9 Å². The predicted molar refractivity (Wildman–Crippen MR) is 112 cm³/mol. The van der Waals surface area contributed by atoms with Crippen LogP contribution in [0.1, 0.15) is 90.9 Å². The van der Waals surface area contributed by atoms with Crippen molar-refractivity contribution in [2.24, 2.45) is 0 Å². The standard InChI is InChI=1S/C22H38O9/c1-3-5-7-9-11-13-17(25)21(29,15-23)19(27)31-20(28)22(30,16-24)18(26)14-12-10-8-6-4-2/h23-24,29-30H,3-16H2,1-2H3. The number of ketones is 2. The van der Waals surface area contributed by atoms with Crippen molar-refractivity contribution in [1.82, 2.24) is 0 Å². The maximum Gasteiger partial charge on any atom is 0.356 e. The van der Waals surface area contributed by atoms with E-state index in [0.29, 0.717) is 25.7 Å². The van der Waals surface area contributed by atoms with Crippen molar-refractivity contribution < 1.29 is 44.3 Å². The molecule has 0 saturated carbocycles. The molecule has 0 aliphatic rings. The lowest BCUT2D eigenvalue weighted by Gasteiger charge is -2.25. The molecule has 0 aromatic carbocycles. The zero-order valence-corrected chi connectivity index (χ0v) is 18.7. The lowest BCUT2D eigenvalue weighted by atomic mass is 9.93. The average Bonchev–Trinajstić information content (AvgIpc) is 2.76. The molecule has 0 aromatic rings. The first-order valence-electron chi connectivity index (χ1n) is 11.1. The number of rotatable bonds is 18. The van der Waals surface area contributed by atoms with Gasteiger partial charge in [-0.25, -0.2) is 9.59 Å². The third-order valence-electron chi connectivity index (χ3n) is 5.26. The molecule has 0 bridgehead atoms. The Balaban J connectivity index is 4.97. The van der Waals surface area contributed by atoms with Gasteiger partial charge in [0.1, 0.15) is 0 Å². The summed E-state index contributed by atoms with van der Waals surface area (Å²) in [5, 5.41) is 39.3. The summed E-state index contributed by atoms with van der Waals surface area (Å²) in [6.45, 7) is 1.40. The molecule has 0 aliphatic carbocycles. The Hall–Kier alpha value is -1.68. The van der Waals surface area contributed by atoms with Crippen molar-refractivity contribution in [3.05, 3.63) is 0 Å². The Morgan fingerprint density at radius 2 is 0.935 bits per heavy atom. The Labute approximate surface area is 183 Å². The lowest BCUT2D eigenvalue weighted by molar-refractivity contribution is -0.190. The smallest absolute Gasteiger partial charge is 0.356 e. The van der Waals surface area contributed by atoms with Crippen molar-refractivity contribution in [3.63, 3.8) is 0 Å². The highest BCUT2D eigenvalue weighted by Gasteiger charge is 2.50. The van der Waals surface area contributed by atoms with Crippen LogP contribution in [0.3, 0.4) is 0 Å². The fraction of sp³-hybridized carbons (Fsp3) is 0.818. The molecule has 0 amide bonds. The Morgan fingerprint density at radius 1 is 0.613 bits per heavy atom. The molecule has 9 heteroatoms. The maximum atomic E-state index is 12.2. The van der Waals surface area contributed by atoms with E-state index in [1.807, 2.05) is 13.8 Å². The van der Waals surface area contributed by atoms with E-state index in [-0.39, 0.29) is 12.8 Å². The van der Waals surface area contributed by atoms with Crippen LogP contribution < -0.4 is 0 Å². The van der Waals surface area contributed by atoms with Gasteiger partial charge in [0.2, 0.25) is 11.2 Å². The van der Waals surface area contributed by atoms with E-state index in [9.17, 15) is 39.6 Å². The maximum absolute atomic E-state index is 12.2. The van der Waals surface area contributed by atoms with E-state index in [1.165, 1.54) is 0 Å². The van der Waals surface area contributed by atoms with Crippen LogP contribution in [0.25, 0.3) is 0 Å². The molecule has 2 atom stereocenters. The molecular weight excluding hydrogens is 408 g/mol. The van der Waals surface area contributed by atoms with Crippen LogP contribution in [0.4, 0.5) is 0 Å². The molecule has 0 heterocycles. The van der Waals surface area contributed by atoms with Gasteiger partial charge in [-0.1, -0.05) is 65.2 Å². The molecule has 0 saturated heterocycles. The zero-order chi connectivity index (χ0) is 23.9. The number of unbranched alkanes of at least 4 members (excludes halogenated alkanes) is 8. The van der Waals surface area contributed by atoms with Crippen LogP contribution in [-0.4, -0.2) is 68.3 Å². The first kappa shape index (κ1) is 29.3. The summed E-state index contributed by atoms with van der Waals surface area (Å²) in [4.78, 5) is 48.9. The minimum Gasteiger partial charge on any atom is -0.392 e. The predicted octanol–water partition coefficient (Wildman–Crippen LogP) is 1.36. The first-order valence-corrected chi connectivity index (χ1v) is 11.1. The molecule has 180 valence electrons. The van der Waals surface area contributed by atoms with Gasteiger partial charge < -0.3 is 25.2 Å². The van der Waals surface area contributed by atoms with Crippen LogP contribution in [0.5, 0.6) is 0 Å². The van der Waals surface area contributed by atoms with Crippen molar-refractivity contribution in [2.75, 3.05) is 13.2 Å². The van der Waals surface area contributed by atoms with Crippen LogP contribution in [0, 0.1) is 0 Å². The highest BCUT2D eigenvalue weighted by molar-refractivity contribution is 6.14. The number of esters is 2. The zero-order valence-electron chi connectivity index (χ0n) is 18.7. The summed E-state index contributed by atoms with van der Waals surface area (Å²) in [6.07, 6.45) is 7.36. The molecule has 0 radical (unpaired) electrons. The monoisotopic (exact) mass is 446 g/mol. The number of aliphatic hydroxyl groups is 4. The van der Waals surface area contributed by atoms with Crippen molar-refractivity contribution >= 4 is 23.5 Å². The normalized spacial score (nSPS) is 15.0. The Bertz CT molecular complexity index is 540. The molecule has 9 nitrogen and oxygen atoms in total. The van der Waals surface area contributed by atoms with E-state index in [0.717, 1.165) is 38.5 Å². The number of Topliss-reactive ketones (excluding diaryl/α,β-unsaturated/α-hetero) is 2. The molecular formula is C22H38O9. The number of hydrogen-bond acceptors (Lipinski definition) is 9. The fourth-order valence-corrected chi connectivity index (χ4v) is 2.98. The topological polar surface area (TPSA) is 158 Å². The number of carbonyl (C=O) groups is 4. The molecule has 31 heavy (non-hydrogen) atoms. The largest absolute Gasteiger partial charge is 0.392 e. The van der Waals surface area contributed by atoms with E-state index in [2.05, 4.69) is 4.74 Å². The molecule has 4 N–H and O–H groups in total. The van der Waals surface area contributed by atoms with E-state index in [4.69, 9.17) is 0 Å². The number of ether oxygens (including phenoxy) is 1. The molecule has 0 aromatic heterocycles. The number of aliphatic hydroxyl groups excluding tert-OH is 2. The highest BCUT2D eigenvalue weighted by Crippen LogP contribution is 2.19. The van der Waals surface area contributed by atoms with Crippen molar-refractivity contribution in [3.8, 4) is 0 Å². The van der Waals surface area contributed by atoms with Gasteiger partial charge in [0.15, 0.2) is 11.6 Å². The summed E-state index contributed by atoms with van der Waals surface area (Å²) in [7, 11) is 0. The third kappa shape index (κ3) is 9.14. The number of carbonyl (C=O) groups excluding carboxylic acids is 4. The van der Waals surface area contributed by atoms with Gasteiger partial charge in [0.05, 0.1) is 13.2 Å². The van der Waals surface area contributed by atoms with Gasteiger partial charge in [-0.15, -0.1) is 0 Å². The van der Waals surface area contributed by atoms with Crippen LogP contribution in [0.2, 0.25) is 0 Å². The second-order valence-electron chi connectivity index (χ2n) is 7.89. The molecule has 0 aliphatic heterocycles. The van der Waals surface area contributed by atoms with Gasteiger partial charge in [0.25, 0.3) is 0 Å². The van der Waals surface area contributed by atoms with Gasteiger partial charge in [0, 0.05) is 12.8 Å². The Morgan fingerprint density at radius 3 is 1.23 bits per heavy atom. The summed E-state index contributed by atoms with van der Waals surface area (Å²) >= 11 is 0. The van der Waals surface area contributed by atoms with Crippen molar-refractivity contribution in [2.45, 2.75) is 102 Å².